The van der Waals surface area contributed by atoms with Crippen molar-refractivity contribution >= 4 is 23.8 Å². The van der Waals surface area contributed by atoms with Gasteiger partial charge in [-0.05, 0) is 59.1 Å². The number of hydrogen-bond donors (Lipinski definition) is 3. The van der Waals surface area contributed by atoms with E-state index < -0.39 is 48.0 Å². The fourth-order valence-electron chi connectivity index (χ4n) is 3.27. The van der Waals surface area contributed by atoms with Gasteiger partial charge in [0.15, 0.2) is 0 Å². The van der Waals surface area contributed by atoms with Gasteiger partial charge < -0.3 is 26.0 Å². The van der Waals surface area contributed by atoms with E-state index in [1.165, 1.54) is 0 Å². The van der Waals surface area contributed by atoms with Crippen LogP contribution in [0.2, 0.25) is 0 Å². The van der Waals surface area contributed by atoms with Crippen LogP contribution in [0.25, 0.3) is 0 Å². The van der Waals surface area contributed by atoms with Gasteiger partial charge in [0.2, 0.25) is 17.7 Å². The number of alkyl carbamates (subject to hydrolysis) is 1. The average molecular weight is 474 g/mol. The Morgan fingerprint density at radius 3 is 2.26 bits per heavy atom. The Kier molecular flexibility index (Phi) is 10.5. The maximum Gasteiger partial charge on any atom is 0.408 e. The molecule has 0 spiro atoms. The van der Waals surface area contributed by atoms with Crippen molar-refractivity contribution in [3.8, 4) is 6.07 Å². The average Bonchev–Trinajstić information content (AvgIpc) is 2.69. The van der Waals surface area contributed by atoms with Crippen LogP contribution in [0.3, 0.4) is 0 Å². The zero-order valence-corrected chi connectivity index (χ0v) is 20.7. The molecule has 0 aromatic heterocycles. The maximum atomic E-state index is 13.6. The highest BCUT2D eigenvalue weighted by Crippen LogP contribution is 2.26. The molecular weight excluding hydrogens is 438 g/mol. The summed E-state index contributed by atoms with van der Waals surface area (Å²) in [4.78, 5) is 51.8. The number of aryl methyl sites for hydroxylation is 1. The Hall–Kier alpha value is -3.61. The van der Waals surface area contributed by atoms with Gasteiger partial charge in [0.25, 0.3) is 0 Å². The summed E-state index contributed by atoms with van der Waals surface area (Å²) in [5, 5.41) is 14.7. The Morgan fingerprint density at radius 2 is 1.76 bits per heavy atom. The van der Waals surface area contributed by atoms with Crippen LogP contribution in [-0.2, 0) is 19.1 Å². The highest BCUT2D eigenvalue weighted by atomic mass is 16.6. The number of nitrogens with two attached hydrogens (primary N) is 1. The lowest BCUT2D eigenvalue weighted by atomic mass is 9.97. The van der Waals surface area contributed by atoms with Crippen molar-refractivity contribution in [1.82, 2.24) is 15.5 Å². The van der Waals surface area contributed by atoms with Crippen LogP contribution in [-0.4, -0.2) is 52.9 Å². The minimum atomic E-state index is -1.24. The van der Waals surface area contributed by atoms with Crippen LogP contribution in [0.1, 0.15) is 64.6 Å². The fraction of sp³-hybridized carbons (Fsp3) is 0.542. The van der Waals surface area contributed by atoms with Crippen LogP contribution in [0.5, 0.6) is 0 Å². The van der Waals surface area contributed by atoms with Crippen molar-refractivity contribution in [3.05, 3.63) is 35.4 Å². The molecular formula is C24H35N5O5. The summed E-state index contributed by atoms with van der Waals surface area (Å²) in [7, 11) is 0. The SMILES string of the molecule is Cc1ccccc1C(C(=O)NC(C)C)N(CC#N)C(=O)C(CCC(N)=O)NC(=O)OC(C)(C)C. The molecule has 1 aromatic carbocycles. The molecule has 0 fully saturated rings. The summed E-state index contributed by atoms with van der Waals surface area (Å²) in [6, 6.07) is 6.37. The van der Waals surface area contributed by atoms with E-state index in [9.17, 15) is 24.4 Å². The van der Waals surface area contributed by atoms with E-state index in [1.807, 2.05) is 6.07 Å². The third kappa shape index (κ3) is 9.10. The summed E-state index contributed by atoms with van der Waals surface area (Å²) in [6.07, 6.45) is -1.19. The summed E-state index contributed by atoms with van der Waals surface area (Å²) in [5.74, 6) is -1.84. The van der Waals surface area contributed by atoms with E-state index in [2.05, 4.69) is 10.6 Å². The maximum absolute atomic E-state index is 13.6. The lowest BCUT2D eigenvalue weighted by Crippen LogP contribution is -2.53. The van der Waals surface area contributed by atoms with Gasteiger partial charge in [0.05, 0.1) is 6.07 Å². The molecule has 0 aliphatic rings. The zero-order valence-electron chi connectivity index (χ0n) is 20.7. The lowest BCUT2D eigenvalue weighted by molar-refractivity contribution is -0.142. The van der Waals surface area contributed by atoms with Crippen molar-refractivity contribution in [1.29, 1.82) is 5.26 Å². The third-order valence-electron chi connectivity index (χ3n) is 4.67. The quantitative estimate of drug-likeness (QED) is 0.442. The summed E-state index contributed by atoms with van der Waals surface area (Å²) in [5.41, 5.74) is 5.72. The first-order valence-corrected chi connectivity index (χ1v) is 11.1. The highest BCUT2D eigenvalue weighted by molar-refractivity contribution is 5.93. The van der Waals surface area contributed by atoms with Gasteiger partial charge in [-0.3, -0.25) is 14.4 Å². The van der Waals surface area contributed by atoms with Crippen LogP contribution in [0.4, 0.5) is 4.79 Å². The van der Waals surface area contributed by atoms with E-state index in [4.69, 9.17) is 10.5 Å². The molecule has 0 aliphatic heterocycles. The van der Waals surface area contributed by atoms with Crippen molar-refractivity contribution < 1.29 is 23.9 Å². The molecule has 0 bridgehead atoms. The molecule has 10 heteroatoms. The Balaban J connectivity index is 3.45. The molecule has 34 heavy (non-hydrogen) atoms. The summed E-state index contributed by atoms with van der Waals surface area (Å²) in [6.45, 7) is 9.93. The molecule has 186 valence electrons. The molecule has 0 saturated carbocycles. The monoisotopic (exact) mass is 473 g/mol. The van der Waals surface area contributed by atoms with Gasteiger partial charge >= 0.3 is 6.09 Å². The smallest absolute Gasteiger partial charge is 0.408 e. The third-order valence-corrected chi connectivity index (χ3v) is 4.67. The number of rotatable bonds is 10. The Bertz CT molecular complexity index is 932. The highest BCUT2D eigenvalue weighted by Gasteiger charge is 2.37. The molecule has 4 amide bonds. The number of hydrogen-bond acceptors (Lipinski definition) is 6. The van der Waals surface area contributed by atoms with Crippen molar-refractivity contribution in [2.75, 3.05) is 6.54 Å². The molecule has 1 rings (SSSR count). The normalized spacial score (nSPS) is 12.8. The lowest BCUT2D eigenvalue weighted by Gasteiger charge is -2.33. The van der Waals surface area contributed by atoms with Crippen LogP contribution in [0.15, 0.2) is 24.3 Å². The first kappa shape index (κ1) is 28.4. The predicted octanol–water partition coefficient (Wildman–Crippen LogP) is 2.07. The number of benzene rings is 1. The first-order chi connectivity index (χ1) is 15.8. The number of nitriles is 1. The standard InChI is InChI=1S/C24H35N5O5/c1-15(2)27-21(31)20(17-10-8-7-9-16(17)3)29(14-13-25)22(32)18(11-12-19(26)30)28-23(33)34-24(4,5)6/h7-10,15,18,20H,11-12,14H2,1-6H3,(H2,26,30)(H,27,31)(H,28,33). The van der Waals surface area contributed by atoms with Gasteiger partial charge in [-0.25, -0.2) is 4.79 Å². The number of ether oxygens (including phenoxy) is 1. The molecule has 2 unspecified atom stereocenters. The molecule has 0 radical (unpaired) electrons. The fourth-order valence-corrected chi connectivity index (χ4v) is 3.27. The van der Waals surface area contributed by atoms with Crippen LogP contribution in [0, 0.1) is 18.3 Å². The number of carbonyl (C=O) groups excluding carboxylic acids is 4. The Labute approximate surface area is 200 Å². The molecule has 0 aliphatic carbocycles. The Morgan fingerprint density at radius 1 is 1.15 bits per heavy atom. The second-order valence-electron chi connectivity index (χ2n) is 9.25. The van der Waals surface area contributed by atoms with E-state index in [-0.39, 0.29) is 18.9 Å². The topological polar surface area (TPSA) is 155 Å². The van der Waals surface area contributed by atoms with Gasteiger partial charge in [0, 0.05) is 12.5 Å². The molecule has 1 aromatic rings. The van der Waals surface area contributed by atoms with Gasteiger partial charge in [-0.2, -0.15) is 5.26 Å². The molecule has 0 heterocycles. The number of nitrogens with zero attached hydrogens (tertiary/aromatic N) is 2. The van der Waals surface area contributed by atoms with Gasteiger partial charge in [-0.15, -0.1) is 0 Å². The summed E-state index contributed by atoms with van der Waals surface area (Å²) < 4.78 is 5.25. The van der Waals surface area contributed by atoms with Crippen LogP contribution < -0.4 is 16.4 Å². The molecule has 4 N–H and O–H groups in total. The second kappa shape index (κ2) is 12.6. The van der Waals surface area contributed by atoms with Crippen molar-refractivity contribution in [3.63, 3.8) is 0 Å². The predicted molar refractivity (Wildman–Crippen MR) is 126 cm³/mol. The van der Waals surface area contributed by atoms with E-state index in [1.54, 1.807) is 65.8 Å². The first-order valence-electron chi connectivity index (χ1n) is 11.1. The second-order valence-corrected chi connectivity index (χ2v) is 9.25. The minimum Gasteiger partial charge on any atom is -0.444 e. The number of nitrogens with one attached hydrogen (secondary N) is 2. The molecule has 10 nitrogen and oxygen atoms in total. The van der Waals surface area contributed by atoms with E-state index >= 15 is 0 Å². The van der Waals surface area contributed by atoms with Gasteiger partial charge in [0.1, 0.15) is 24.2 Å². The largest absolute Gasteiger partial charge is 0.444 e. The summed E-state index contributed by atoms with van der Waals surface area (Å²) >= 11 is 0. The minimum absolute atomic E-state index is 0.123. The zero-order chi connectivity index (χ0) is 26.1. The van der Waals surface area contributed by atoms with E-state index in [0.717, 1.165) is 10.5 Å². The molecule has 2 atom stereocenters. The number of amides is 4. The molecule has 0 saturated heterocycles. The van der Waals surface area contributed by atoms with Crippen molar-refractivity contribution in [2.24, 2.45) is 5.73 Å². The number of carbonyl (C=O) groups is 4. The van der Waals surface area contributed by atoms with Crippen molar-refractivity contribution in [2.45, 2.75) is 78.1 Å². The van der Waals surface area contributed by atoms with Crippen LogP contribution >= 0.6 is 0 Å². The van der Waals surface area contributed by atoms with E-state index in [0.29, 0.717) is 5.56 Å². The van der Waals surface area contributed by atoms with Gasteiger partial charge in [-0.1, -0.05) is 24.3 Å². The number of primary amides is 1.